The minimum atomic E-state index is -3.44. The molecule has 1 aliphatic rings. The molecule has 2 heterocycles. The Kier molecular flexibility index (Phi) is 6.86. The fourth-order valence-electron chi connectivity index (χ4n) is 3.20. The van der Waals surface area contributed by atoms with Crippen molar-refractivity contribution in [3.63, 3.8) is 0 Å². The lowest BCUT2D eigenvalue weighted by Crippen LogP contribution is -2.38. The molecule has 1 aromatic carbocycles. The van der Waals surface area contributed by atoms with Crippen LogP contribution in [0.1, 0.15) is 28.1 Å². The first-order valence-corrected chi connectivity index (χ1v) is 11.5. The number of benzene rings is 1. The summed E-state index contributed by atoms with van der Waals surface area (Å²) >= 11 is 3.13. The van der Waals surface area contributed by atoms with Gasteiger partial charge in [0.15, 0.2) is 21.9 Å². The van der Waals surface area contributed by atoms with Crippen molar-refractivity contribution in [3.8, 4) is 11.5 Å². The summed E-state index contributed by atoms with van der Waals surface area (Å²) in [5, 5.41) is 2.66. The number of halogens is 1. The number of ether oxygens (including phenoxy) is 2. The zero-order valence-corrected chi connectivity index (χ0v) is 18.6. The lowest BCUT2D eigenvalue weighted by Gasteiger charge is -2.29. The maximum absolute atomic E-state index is 12.7. The molecule has 1 amide bonds. The van der Waals surface area contributed by atoms with E-state index in [2.05, 4.69) is 21.2 Å². The van der Waals surface area contributed by atoms with Crippen LogP contribution in [0, 0.1) is 0 Å². The Hall–Kier alpha value is -2.04. The van der Waals surface area contributed by atoms with Gasteiger partial charge in [-0.2, -0.15) is 4.31 Å². The van der Waals surface area contributed by atoms with Crippen LogP contribution in [-0.4, -0.2) is 51.7 Å². The standard InChI is InChI=1S/C19H23BrN2O6S/c1-26-16-10-13-6-8-22(12-14(13)11-17(16)27-2)29(24,25)9-3-7-21-19(23)15-4-5-18(20)28-15/h4-5,10-11H,3,6-9,12H2,1-2H3,(H,21,23). The number of amides is 1. The Morgan fingerprint density at radius 1 is 1.21 bits per heavy atom. The number of fused-ring (bicyclic) bond motifs is 1. The number of hydrogen-bond donors (Lipinski definition) is 1. The fraction of sp³-hybridized carbons (Fsp3) is 0.421. The average Bonchev–Trinajstić information content (AvgIpc) is 3.15. The molecule has 0 bridgehead atoms. The largest absolute Gasteiger partial charge is 0.493 e. The Bertz CT molecular complexity index is 989. The third-order valence-electron chi connectivity index (χ3n) is 4.74. The quantitative estimate of drug-likeness (QED) is 0.575. The van der Waals surface area contributed by atoms with E-state index in [4.69, 9.17) is 13.9 Å². The molecule has 3 rings (SSSR count). The van der Waals surface area contributed by atoms with E-state index < -0.39 is 10.0 Å². The molecule has 8 nitrogen and oxygen atoms in total. The van der Waals surface area contributed by atoms with Crippen molar-refractivity contribution in [1.82, 2.24) is 9.62 Å². The van der Waals surface area contributed by atoms with Crippen molar-refractivity contribution in [2.75, 3.05) is 33.1 Å². The molecule has 0 saturated carbocycles. The minimum Gasteiger partial charge on any atom is -0.493 e. The van der Waals surface area contributed by atoms with Gasteiger partial charge >= 0.3 is 0 Å². The fourth-order valence-corrected chi connectivity index (χ4v) is 4.98. The first-order valence-electron chi connectivity index (χ1n) is 9.09. The van der Waals surface area contributed by atoms with E-state index in [-0.39, 0.29) is 24.0 Å². The van der Waals surface area contributed by atoms with E-state index in [1.807, 2.05) is 12.1 Å². The molecule has 1 aromatic heterocycles. The van der Waals surface area contributed by atoms with E-state index in [0.717, 1.165) is 11.1 Å². The van der Waals surface area contributed by atoms with E-state index in [0.29, 0.717) is 42.1 Å². The number of rotatable bonds is 8. The van der Waals surface area contributed by atoms with E-state index in [1.165, 1.54) is 4.31 Å². The van der Waals surface area contributed by atoms with Gasteiger partial charge in [-0.25, -0.2) is 8.42 Å². The Morgan fingerprint density at radius 2 is 1.90 bits per heavy atom. The number of nitrogens with zero attached hydrogens (tertiary/aromatic N) is 1. The highest BCUT2D eigenvalue weighted by Gasteiger charge is 2.27. The van der Waals surface area contributed by atoms with Gasteiger partial charge in [0.05, 0.1) is 20.0 Å². The highest BCUT2D eigenvalue weighted by atomic mass is 79.9. The van der Waals surface area contributed by atoms with Crippen LogP contribution in [-0.2, 0) is 23.0 Å². The smallest absolute Gasteiger partial charge is 0.287 e. The summed E-state index contributed by atoms with van der Waals surface area (Å²) in [6.45, 7) is 0.953. The zero-order valence-electron chi connectivity index (χ0n) is 16.2. The molecule has 0 fully saturated rings. The van der Waals surface area contributed by atoms with E-state index in [9.17, 15) is 13.2 Å². The summed E-state index contributed by atoms with van der Waals surface area (Å²) < 4.78 is 43.2. The van der Waals surface area contributed by atoms with E-state index in [1.54, 1.807) is 26.4 Å². The molecule has 1 N–H and O–H groups in total. The van der Waals surface area contributed by atoms with Crippen molar-refractivity contribution in [2.45, 2.75) is 19.4 Å². The normalized spacial score (nSPS) is 14.3. The number of sulfonamides is 1. The Labute approximate surface area is 178 Å². The average molecular weight is 487 g/mol. The van der Waals surface area contributed by atoms with Gasteiger partial charge in [0, 0.05) is 19.6 Å². The van der Waals surface area contributed by atoms with Crippen LogP contribution in [0.2, 0.25) is 0 Å². The van der Waals surface area contributed by atoms with Crippen LogP contribution in [0.15, 0.2) is 33.4 Å². The summed E-state index contributed by atoms with van der Waals surface area (Å²) in [6, 6.07) is 6.90. The van der Waals surface area contributed by atoms with Gasteiger partial charge in [-0.05, 0) is 64.2 Å². The van der Waals surface area contributed by atoms with Crippen LogP contribution >= 0.6 is 15.9 Å². The first kappa shape index (κ1) is 21.7. The summed E-state index contributed by atoms with van der Waals surface area (Å²) in [4.78, 5) is 11.9. The Balaban J connectivity index is 1.56. The van der Waals surface area contributed by atoms with Gasteiger partial charge in [-0.1, -0.05) is 0 Å². The van der Waals surface area contributed by atoms with Gasteiger partial charge < -0.3 is 19.2 Å². The minimum absolute atomic E-state index is 0.0439. The number of furan rings is 1. The molecule has 0 aliphatic carbocycles. The second-order valence-corrected chi connectivity index (χ2v) is 9.46. The number of methoxy groups -OCH3 is 2. The molecule has 158 valence electrons. The van der Waals surface area contributed by atoms with Crippen LogP contribution < -0.4 is 14.8 Å². The van der Waals surface area contributed by atoms with Gasteiger partial charge in [0.25, 0.3) is 5.91 Å². The van der Waals surface area contributed by atoms with Gasteiger partial charge in [0.1, 0.15) is 0 Å². The summed E-state index contributed by atoms with van der Waals surface area (Å²) in [5.41, 5.74) is 1.97. The molecule has 0 spiro atoms. The molecule has 0 unspecified atom stereocenters. The van der Waals surface area contributed by atoms with Crippen molar-refractivity contribution < 1.29 is 27.1 Å². The molecule has 0 saturated heterocycles. The first-order chi connectivity index (χ1) is 13.8. The van der Waals surface area contributed by atoms with Crippen molar-refractivity contribution >= 4 is 31.9 Å². The van der Waals surface area contributed by atoms with Crippen LogP contribution in [0.4, 0.5) is 0 Å². The second-order valence-electron chi connectivity index (χ2n) is 6.59. The van der Waals surface area contributed by atoms with Crippen molar-refractivity contribution in [3.05, 3.63) is 45.8 Å². The molecule has 0 radical (unpaired) electrons. The third-order valence-corrected chi connectivity index (χ3v) is 7.07. The lowest BCUT2D eigenvalue weighted by atomic mass is 10.0. The maximum atomic E-state index is 12.7. The van der Waals surface area contributed by atoms with E-state index >= 15 is 0 Å². The number of hydrogen-bond acceptors (Lipinski definition) is 6. The zero-order chi connectivity index (χ0) is 21.0. The number of carbonyl (C=O) groups is 1. The number of carbonyl (C=O) groups excluding carboxylic acids is 1. The summed E-state index contributed by atoms with van der Waals surface area (Å²) in [7, 11) is -0.311. The Morgan fingerprint density at radius 3 is 2.52 bits per heavy atom. The predicted molar refractivity (Wildman–Crippen MR) is 111 cm³/mol. The molecular weight excluding hydrogens is 464 g/mol. The third kappa shape index (κ3) is 5.12. The maximum Gasteiger partial charge on any atom is 0.287 e. The summed E-state index contributed by atoms with van der Waals surface area (Å²) in [5.74, 6) is 0.982. The molecule has 0 atom stereocenters. The van der Waals surface area contributed by atoms with Gasteiger partial charge in [-0.15, -0.1) is 0 Å². The molecule has 10 heteroatoms. The number of nitrogens with one attached hydrogen (secondary N) is 1. The van der Waals surface area contributed by atoms with Gasteiger partial charge in [-0.3, -0.25) is 4.79 Å². The van der Waals surface area contributed by atoms with Crippen molar-refractivity contribution in [2.24, 2.45) is 0 Å². The molecule has 2 aromatic rings. The molecule has 1 aliphatic heterocycles. The van der Waals surface area contributed by atoms with Crippen molar-refractivity contribution in [1.29, 1.82) is 0 Å². The molecule has 29 heavy (non-hydrogen) atoms. The monoisotopic (exact) mass is 486 g/mol. The van der Waals surface area contributed by atoms with Crippen LogP contribution in [0.5, 0.6) is 11.5 Å². The van der Waals surface area contributed by atoms with Crippen LogP contribution in [0.25, 0.3) is 0 Å². The SMILES string of the molecule is COc1cc2c(cc1OC)CN(S(=O)(=O)CCCNC(=O)c1ccc(Br)o1)CC2. The highest BCUT2D eigenvalue weighted by molar-refractivity contribution is 9.10. The predicted octanol–water partition coefficient (Wildman–Crippen LogP) is 2.57. The lowest BCUT2D eigenvalue weighted by molar-refractivity contribution is 0.0924. The molecular formula is C19H23BrN2O6S. The van der Waals surface area contributed by atoms with Crippen LogP contribution in [0.3, 0.4) is 0 Å². The second kappa shape index (κ2) is 9.19. The topological polar surface area (TPSA) is 98.1 Å². The summed E-state index contributed by atoms with van der Waals surface area (Å²) in [6.07, 6.45) is 0.921. The van der Waals surface area contributed by atoms with Gasteiger partial charge in [0.2, 0.25) is 10.0 Å². The highest BCUT2D eigenvalue weighted by Crippen LogP contribution is 2.33.